The summed E-state index contributed by atoms with van der Waals surface area (Å²) >= 11 is 6.18. The van der Waals surface area contributed by atoms with E-state index in [0.717, 1.165) is 0 Å². The van der Waals surface area contributed by atoms with Gasteiger partial charge in [-0.3, -0.25) is 4.99 Å². The van der Waals surface area contributed by atoms with Crippen molar-refractivity contribution in [1.29, 1.82) is 0 Å². The number of fused-ring (bicyclic) bond motifs is 3. The molecule has 0 saturated carbocycles. The van der Waals surface area contributed by atoms with Gasteiger partial charge in [0.05, 0.1) is 25.1 Å². The van der Waals surface area contributed by atoms with Gasteiger partial charge in [0, 0.05) is 22.3 Å². The molecule has 5 nitrogen and oxygen atoms in total. The van der Waals surface area contributed by atoms with Crippen molar-refractivity contribution in [3.63, 3.8) is 0 Å². The van der Waals surface area contributed by atoms with E-state index in [1.165, 1.54) is 13.2 Å². The second kappa shape index (κ2) is 6.38. The minimum absolute atomic E-state index is 0.187. The van der Waals surface area contributed by atoms with Gasteiger partial charge in [0.25, 0.3) is 0 Å². The van der Waals surface area contributed by atoms with E-state index in [1.54, 1.807) is 47.2 Å². The number of hydrogen-bond donors (Lipinski definition) is 0. The fourth-order valence-corrected chi connectivity index (χ4v) is 3.14. The molecule has 130 valence electrons. The molecule has 1 aliphatic rings. The van der Waals surface area contributed by atoms with Crippen molar-refractivity contribution in [3.05, 3.63) is 82.1 Å². The van der Waals surface area contributed by atoms with E-state index in [4.69, 9.17) is 16.3 Å². The third kappa shape index (κ3) is 2.68. The topological polar surface area (TPSA) is 56.5 Å². The van der Waals surface area contributed by atoms with Crippen LogP contribution in [0.3, 0.4) is 0 Å². The number of hydrogen-bond acceptors (Lipinski definition) is 4. The Morgan fingerprint density at radius 1 is 1.23 bits per heavy atom. The summed E-state index contributed by atoms with van der Waals surface area (Å²) in [7, 11) is 1.30. The van der Waals surface area contributed by atoms with Crippen LogP contribution >= 0.6 is 11.6 Å². The molecule has 2 aromatic carbocycles. The van der Waals surface area contributed by atoms with E-state index in [0.29, 0.717) is 33.4 Å². The predicted molar refractivity (Wildman–Crippen MR) is 95.7 cm³/mol. The van der Waals surface area contributed by atoms with E-state index in [-0.39, 0.29) is 18.1 Å². The van der Waals surface area contributed by atoms with Crippen LogP contribution in [0.5, 0.6) is 0 Å². The summed E-state index contributed by atoms with van der Waals surface area (Å²) in [5, 5.41) is 0.504. The number of methoxy groups -OCH3 is 1. The van der Waals surface area contributed by atoms with Gasteiger partial charge in [0.2, 0.25) is 0 Å². The van der Waals surface area contributed by atoms with Crippen molar-refractivity contribution in [2.45, 2.75) is 6.54 Å². The fourth-order valence-electron chi connectivity index (χ4n) is 2.97. The summed E-state index contributed by atoms with van der Waals surface area (Å²) in [6.45, 7) is 0.187. The number of halogens is 2. The van der Waals surface area contributed by atoms with Crippen molar-refractivity contribution >= 4 is 23.3 Å². The Balaban J connectivity index is 1.95. The van der Waals surface area contributed by atoms with E-state index >= 15 is 0 Å². The number of ether oxygens (including phenoxy) is 1. The largest absolute Gasteiger partial charge is 0.464 e. The molecule has 0 aliphatic carbocycles. The van der Waals surface area contributed by atoms with Gasteiger partial charge in [-0.25, -0.2) is 14.2 Å². The monoisotopic (exact) mass is 369 g/mol. The molecule has 3 aromatic rings. The van der Waals surface area contributed by atoms with Gasteiger partial charge in [-0.2, -0.15) is 0 Å². The molecule has 0 saturated heterocycles. The van der Waals surface area contributed by atoms with Gasteiger partial charge in [0.15, 0.2) is 5.69 Å². The lowest BCUT2D eigenvalue weighted by Crippen LogP contribution is -2.09. The zero-order chi connectivity index (χ0) is 18.3. The Labute approximate surface area is 153 Å². The molecule has 0 unspecified atom stereocenters. The molecule has 26 heavy (non-hydrogen) atoms. The van der Waals surface area contributed by atoms with Gasteiger partial charge in [-0.1, -0.05) is 23.7 Å². The summed E-state index contributed by atoms with van der Waals surface area (Å²) in [6, 6.07) is 11.7. The van der Waals surface area contributed by atoms with E-state index in [1.807, 2.05) is 0 Å². The Kier molecular flexibility index (Phi) is 4.05. The van der Waals surface area contributed by atoms with Crippen molar-refractivity contribution in [2.24, 2.45) is 4.99 Å². The second-order valence-electron chi connectivity index (χ2n) is 5.71. The van der Waals surface area contributed by atoms with Crippen molar-refractivity contribution in [3.8, 4) is 5.69 Å². The van der Waals surface area contributed by atoms with E-state index in [9.17, 15) is 9.18 Å². The average molecular weight is 370 g/mol. The maximum Gasteiger partial charge on any atom is 0.358 e. The first-order chi connectivity index (χ1) is 12.6. The highest BCUT2D eigenvalue weighted by molar-refractivity contribution is 6.31. The van der Waals surface area contributed by atoms with Crippen molar-refractivity contribution in [2.75, 3.05) is 7.11 Å². The lowest BCUT2D eigenvalue weighted by Gasteiger charge is -2.12. The van der Waals surface area contributed by atoms with Gasteiger partial charge in [-0.15, -0.1) is 0 Å². The van der Waals surface area contributed by atoms with Crippen LogP contribution < -0.4 is 0 Å². The minimum Gasteiger partial charge on any atom is -0.464 e. The first kappa shape index (κ1) is 16.5. The number of carbonyl (C=O) groups excluding carboxylic acids is 1. The molecule has 0 bridgehead atoms. The molecule has 0 N–H and O–H groups in total. The molecule has 1 aliphatic heterocycles. The van der Waals surface area contributed by atoms with Gasteiger partial charge >= 0.3 is 5.97 Å². The molecule has 0 fully saturated rings. The van der Waals surface area contributed by atoms with Crippen LogP contribution in [0.25, 0.3) is 5.69 Å². The van der Waals surface area contributed by atoms with Crippen LogP contribution in [0.1, 0.15) is 27.4 Å². The molecule has 1 aromatic heterocycles. The zero-order valence-corrected chi connectivity index (χ0v) is 14.5. The van der Waals surface area contributed by atoms with Crippen LogP contribution in [-0.4, -0.2) is 28.3 Å². The highest BCUT2D eigenvalue weighted by Crippen LogP contribution is 2.28. The van der Waals surface area contributed by atoms with Crippen LogP contribution in [-0.2, 0) is 11.3 Å². The average Bonchev–Trinajstić information content (AvgIpc) is 3.01. The minimum atomic E-state index is -0.528. The number of rotatable bonds is 2. The molecular formula is C19H13ClFN3O2. The summed E-state index contributed by atoms with van der Waals surface area (Å²) in [6.07, 6.45) is 1.59. The van der Waals surface area contributed by atoms with Gasteiger partial charge in [0.1, 0.15) is 11.6 Å². The maximum atomic E-state index is 14.4. The third-order valence-corrected chi connectivity index (χ3v) is 4.39. The molecule has 7 heteroatoms. The van der Waals surface area contributed by atoms with E-state index in [2.05, 4.69) is 9.98 Å². The predicted octanol–water partition coefficient (Wildman–Crippen LogP) is 3.80. The molecule has 0 spiro atoms. The van der Waals surface area contributed by atoms with Crippen molar-refractivity contribution < 1.29 is 13.9 Å². The Morgan fingerprint density at radius 2 is 2.04 bits per heavy atom. The second-order valence-corrected chi connectivity index (χ2v) is 6.15. The Bertz CT molecular complexity index is 1060. The highest BCUT2D eigenvalue weighted by atomic mass is 35.5. The first-order valence-electron chi connectivity index (χ1n) is 7.84. The highest BCUT2D eigenvalue weighted by Gasteiger charge is 2.24. The molecule has 0 atom stereocenters. The zero-order valence-electron chi connectivity index (χ0n) is 13.7. The van der Waals surface area contributed by atoms with Crippen LogP contribution in [0, 0.1) is 5.82 Å². The normalized spacial score (nSPS) is 12.7. The molecule has 0 radical (unpaired) electrons. The number of carbonyl (C=O) groups is 1. The lowest BCUT2D eigenvalue weighted by molar-refractivity contribution is 0.0594. The van der Waals surface area contributed by atoms with Crippen LogP contribution in [0.2, 0.25) is 5.02 Å². The molecule has 0 amide bonds. The molecule has 2 heterocycles. The van der Waals surface area contributed by atoms with Crippen molar-refractivity contribution in [1.82, 2.24) is 9.55 Å². The summed E-state index contributed by atoms with van der Waals surface area (Å²) in [5.41, 5.74) is 2.44. The summed E-state index contributed by atoms with van der Waals surface area (Å²) in [4.78, 5) is 20.7. The summed E-state index contributed by atoms with van der Waals surface area (Å²) < 4.78 is 20.9. The number of esters is 1. The van der Waals surface area contributed by atoms with Gasteiger partial charge < -0.3 is 9.30 Å². The number of nitrogens with zero attached hydrogens (tertiary/aromatic N) is 3. The van der Waals surface area contributed by atoms with Crippen LogP contribution in [0.15, 0.2) is 53.7 Å². The maximum absolute atomic E-state index is 14.4. The standard InChI is InChI=1S/C19H13ClFN3O2/c1-26-19(25)15-10-24-16-7-6-11(20)8-13(16)18(22-9-17(24)23-15)12-4-2-3-5-14(12)21/h2-8,10H,9H2,1H3. The van der Waals surface area contributed by atoms with Gasteiger partial charge in [-0.05, 0) is 30.3 Å². The lowest BCUT2D eigenvalue weighted by atomic mass is 10.00. The fraction of sp³-hybridized carbons (Fsp3) is 0.105. The summed E-state index contributed by atoms with van der Waals surface area (Å²) in [5.74, 6) is -0.341. The molecular weight excluding hydrogens is 357 g/mol. The van der Waals surface area contributed by atoms with Crippen LogP contribution in [0.4, 0.5) is 4.39 Å². The number of aliphatic imine (C=N–C) groups is 1. The SMILES string of the molecule is COC(=O)c1cn2c(n1)CN=C(c1ccccc1F)c1cc(Cl)ccc1-2. The number of imidazole rings is 1. The first-order valence-corrected chi connectivity index (χ1v) is 8.22. The van der Waals surface area contributed by atoms with E-state index < -0.39 is 5.97 Å². The number of benzene rings is 2. The quantitative estimate of drug-likeness (QED) is 0.645. The Morgan fingerprint density at radius 3 is 2.81 bits per heavy atom. The smallest absolute Gasteiger partial charge is 0.358 e. The molecule has 4 rings (SSSR count). The Hall–Kier alpha value is -2.99. The number of aromatic nitrogens is 2. The third-order valence-electron chi connectivity index (χ3n) is 4.15.